The lowest BCUT2D eigenvalue weighted by Crippen LogP contribution is -2.59. The highest BCUT2D eigenvalue weighted by molar-refractivity contribution is 5.67. The first-order valence-electron chi connectivity index (χ1n) is 8.30. The van der Waals surface area contributed by atoms with Crippen LogP contribution in [0.3, 0.4) is 0 Å². The number of ether oxygens (including phenoxy) is 3. The first-order valence-corrected chi connectivity index (χ1v) is 8.30. The summed E-state index contributed by atoms with van der Waals surface area (Å²) in [5.41, 5.74) is 2.25. The van der Waals surface area contributed by atoms with Crippen molar-refractivity contribution in [3.63, 3.8) is 0 Å². The molecular formula is C19H19NO4. The molecule has 0 radical (unpaired) electrons. The Balaban J connectivity index is 1.83. The highest BCUT2D eigenvalue weighted by Gasteiger charge is 2.62. The van der Waals surface area contributed by atoms with Crippen molar-refractivity contribution in [2.45, 2.75) is 24.3 Å². The summed E-state index contributed by atoms with van der Waals surface area (Å²) in [6.45, 7) is 0.735. The minimum atomic E-state index is -0.234. The Morgan fingerprint density at radius 1 is 1.33 bits per heavy atom. The summed E-state index contributed by atoms with van der Waals surface area (Å²) in [4.78, 5) is 13.5. The zero-order chi connectivity index (χ0) is 16.5. The van der Waals surface area contributed by atoms with E-state index in [0.29, 0.717) is 0 Å². The van der Waals surface area contributed by atoms with E-state index >= 15 is 0 Å². The van der Waals surface area contributed by atoms with E-state index in [1.54, 1.807) is 14.2 Å². The summed E-state index contributed by atoms with van der Waals surface area (Å²) < 4.78 is 17.5. The number of rotatable bonds is 3. The van der Waals surface area contributed by atoms with E-state index in [9.17, 15) is 4.79 Å². The molecule has 4 aliphatic rings. The predicted molar refractivity (Wildman–Crippen MR) is 86.8 cm³/mol. The SMILES string of the molecule is COC1=C2Oc3c(OC)ccc4c3[C@]23CCN(C=O)[C@H](C4)[C@@H]3C=C1. The summed E-state index contributed by atoms with van der Waals surface area (Å²) in [7, 11) is 3.35. The second kappa shape index (κ2) is 4.56. The number of piperidine rings is 1. The minimum absolute atomic E-state index is 0.163. The molecule has 2 heterocycles. The molecule has 1 aromatic carbocycles. The van der Waals surface area contributed by atoms with Gasteiger partial charge in [-0.25, -0.2) is 0 Å². The van der Waals surface area contributed by atoms with E-state index in [1.165, 1.54) is 11.1 Å². The van der Waals surface area contributed by atoms with Crippen molar-refractivity contribution in [3.8, 4) is 11.5 Å². The second-order valence-electron chi connectivity index (χ2n) is 6.85. The normalized spacial score (nSPS) is 31.5. The number of hydrogen-bond donors (Lipinski definition) is 0. The highest BCUT2D eigenvalue weighted by atomic mass is 16.5. The summed E-state index contributed by atoms with van der Waals surface area (Å²) in [5, 5.41) is 0. The van der Waals surface area contributed by atoms with Gasteiger partial charge < -0.3 is 19.1 Å². The van der Waals surface area contributed by atoms with Gasteiger partial charge in [-0.2, -0.15) is 0 Å². The van der Waals surface area contributed by atoms with Crippen LogP contribution in [0.2, 0.25) is 0 Å². The fraction of sp³-hybridized carbons (Fsp3) is 0.421. The van der Waals surface area contributed by atoms with Crippen molar-refractivity contribution in [1.29, 1.82) is 0 Å². The smallest absolute Gasteiger partial charge is 0.209 e. The number of nitrogens with zero attached hydrogens (tertiary/aromatic N) is 1. The molecule has 5 heteroatoms. The van der Waals surface area contributed by atoms with Crippen LogP contribution in [0.4, 0.5) is 0 Å². The van der Waals surface area contributed by atoms with Crippen molar-refractivity contribution in [2.75, 3.05) is 20.8 Å². The molecule has 24 heavy (non-hydrogen) atoms. The minimum Gasteiger partial charge on any atom is -0.493 e. The van der Waals surface area contributed by atoms with E-state index < -0.39 is 0 Å². The van der Waals surface area contributed by atoms with Crippen LogP contribution in [0.1, 0.15) is 17.5 Å². The Labute approximate surface area is 140 Å². The maximum absolute atomic E-state index is 11.6. The van der Waals surface area contributed by atoms with Gasteiger partial charge in [0.25, 0.3) is 0 Å². The van der Waals surface area contributed by atoms with E-state index in [-0.39, 0.29) is 17.4 Å². The third kappa shape index (κ3) is 1.39. The van der Waals surface area contributed by atoms with Gasteiger partial charge in [0.15, 0.2) is 23.0 Å². The maximum Gasteiger partial charge on any atom is 0.209 e. The third-order valence-electron chi connectivity index (χ3n) is 6.12. The maximum atomic E-state index is 11.6. The van der Waals surface area contributed by atoms with Crippen molar-refractivity contribution >= 4 is 6.41 Å². The van der Waals surface area contributed by atoms with Gasteiger partial charge in [0, 0.05) is 24.1 Å². The molecule has 1 fully saturated rings. The fourth-order valence-corrected chi connectivity index (χ4v) is 5.15. The van der Waals surface area contributed by atoms with Crippen molar-refractivity contribution in [3.05, 3.63) is 46.9 Å². The van der Waals surface area contributed by atoms with Crippen molar-refractivity contribution in [1.82, 2.24) is 4.90 Å². The fourth-order valence-electron chi connectivity index (χ4n) is 5.15. The number of hydrogen-bond acceptors (Lipinski definition) is 4. The Morgan fingerprint density at radius 2 is 2.21 bits per heavy atom. The molecule has 5 rings (SSSR count). The quantitative estimate of drug-likeness (QED) is 0.799. The third-order valence-corrected chi connectivity index (χ3v) is 6.12. The molecule has 124 valence electrons. The van der Waals surface area contributed by atoms with Gasteiger partial charge >= 0.3 is 0 Å². The van der Waals surface area contributed by atoms with Crippen LogP contribution in [-0.4, -0.2) is 38.1 Å². The number of likely N-dealkylation sites (tertiary alicyclic amines) is 1. The molecule has 1 aromatic rings. The molecule has 1 saturated heterocycles. The van der Waals surface area contributed by atoms with Crippen LogP contribution < -0.4 is 9.47 Å². The molecule has 1 spiro atoms. The molecule has 0 unspecified atom stereocenters. The van der Waals surface area contributed by atoms with E-state index in [2.05, 4.69) is 12.1 Å². The van der Waals surface area contributed by atoms with Crippen LogP contribution >= 0.6 is 0 Å². The average Bonchev–Trinajstić information content (AvgIpc) is 2.96. The summed E-state index contributed by atoms with van der Waals surface area (Å²) in [5.74, 6) is 3.46. The molecule has 0 N–H and O–H groups in total. The van der Waals surface area contributed by atoms with E-state index in [1.807, 2.05) is 17.0 Å². The van der Waals surface area contributed by atoms with Crippen molar-refractivity contribution in [2.24, 2.45) is 5.92 Å². The largest absolute Gasteiger partial charge is 0.493 e. The zero-order valence-electron chi connectivity index (χ0n) is 13.7. The number of allylic oxidation sites excluding steroid dienone is 2. The molecule has 3 atom stereocenters. The Morgan fingerprint density at radius 3 is 2.96 bits per heavy atom. The van der Waals surface area contributed by atoms with Crippen LogP contribution in [-0.2, 0) is 21.4 Å². The van der Waals surface area contributed by atoms with Crippen molar-refractivity contribution < 1.29 is 19.0 Å². The highest BCUT2D eigenvalue weighted by Crippen LogP contribution is 2.63. The lowest BCUT2D eigenvalue weighted by Gasteiger charge is -2.53. The zero-order valence-corrected chi connectivity index (χ0v) is 13.7. The number of amides is 1. The van der Waals surface area contributed by atoms with Gasteiger partial charge in [-0.05, 0) is 30.5 Å². The molecule has 0 aromatic heterocycles. The molecule has 0 saturated carbocycles. The molecule has 2 aliphatic heterocycles. The van der Waals surface area contributed by atoms with E-state index in [4.69, 9.17) is 14.2 Å². The standard InChI is InChI=1S/C19H19NO4/c1-22-14-5-3-11-9-13-12-4-6-15(23-2)18-19(12,7-8-20(13)10-21)16(11)17(14)24-18/h3-6,10,12-13H,7-9H2,1-2H3/t12-,13+,19+/m0/s1. The van der Waals surface area contributed by atoms with Gasteiger partial charge in [-0.1, -0.05) is 12.1 Å². The van der Waals surface area contributed by atoms with Gasteiger partial charge in [-0.15, -0.1) is 0 Å². The van der Waals surface area contributed by atoms with Crippen LogP contribution in [0.15, 0.2) is 35.8 Å². The lowest BCUT2D eigenvalue weighted by molar-refractivity contribution is -0.124. The van der Waals surface area contributed by atoms with Crippen LogP contribution in [0.5, 0.6) is 11.5 Å². The first-order chi connectivity index (χ1) is 11.7. The van der Waals surface area contributed by atoms with Gasteiger partial charge in [0.05, 0.1) is 19.6 Å². The summed E-state index contributed by atoms with van der Waals surface area (Å²) in [6, 6.07) is 4.24. The number of carbonyl (C=O) groups excluding carboxylic acids is 1. The Kier molecular flexibility index (Phi) is 2.65. The van der Waals surface area contributed by atoms with Gasteiger partial charge in [0.1, 0.15) is 0 Å². The topological polar surface area (TPSA) is 48.0 Å². The Bertz CT molecular complexity index is 812. The molecule has 2 bridgehead atoms. The predicted octanol–water partition coefficient (Wildman–Crippen LogP) is 2.16. The van der Waals surface area contributed by atoms with Crippen LogP contribution in [0, 0.1) is 5.92 Å². The summed E-state index contributed by atoms with van der Waals surface area (Å²) in [6.07, 6.45) is 6.87. The Hall–Kier alpha value is -2.43. The molecular weight excluding hydrogens is 306 g/mol. The second-order valence-corrected chi connectivity index (χ2v) is 6.85. The van der Waals surface area contributed by atoms with Crippen LogP contribution in [0.25, 0.3) is 0 Å². The molecule has 2 aliphatic carbocycles. The number of carbonyl (C=O) groups is 1. The number of benzene rings is 1. The first kappa shape index (κ1) is 14.0. The monoisotopic (exact) mass is 325 g/mol. The van der Waals surface area contributed by atoms with E-state index in [0.717, 1.165) is 48.8 Å². The lowest BCUT2D eigenvalue weighted by atomic mass is 9.55. The van der Waals surface area contributed by atoms with Gasteiger partial charge in [0.2, 0.25) is 6.41 Å². The molecule has 5 nitrogen and oxygen atoms in total. The average molecular weight is 325 g/mol. The number of methoxy groups -OCH3 is 2. The molecule has 1 amide bonds. The van der Waals surface area contributed by atoms with Gasteiger partial charge in [-0.3, -0.25) is 4.79 Å². The summed E-state index contributed by atoms with van der Waals surface area (Å²) >= 11 is 0.